The summed E-state index contributed by atoms with van der Waals surface area (Å²) in [5.41, 5.74) is 2.44. The SMILES string of the molecule is Cc1nc(CN(C)C(=O)Cc2ccc(C#N)cc2)cs1. The number of hydrogen-bond acceptors (Lipinski definition) is 4. The first-order valence-electron chi connectivity index (χ1n) is 6.22. The van der Waals surface area contributed by atoms with Crippen LogP contribution in [-0.4, -0.2) is 22.8 Å². The average Bonchev–Trinajstić information content (AvgIpc) is 2.85. The second-order valence-electron chi connectivity index (χ2n) is 4.59. The van der Waals surface area contributed by atoms with Gasteiger partial charge < -0.3 is 4.90 Å². The van der Waals surface area contributed by atoms with Gasteiger partial charge in [-0.2, -0.15) is 5.26 Å². The normalized spacial score (nSPS) is 10.1. The quantitative estimate of drug-likeness (QED) is 0.867. The number of carbonyl (C=O) groups excluding carboxylic acids is 1. The van der Waals surface area contributed by atoms with Crippen molar-refractivity contribution in [2.45, 2.75) is 19.9 Å². The monoisotopic (exact) mass is 285 g/mol. The van der Waals surface area contributed by atoms with Crippen molar-refractivity contribution in [3.63, 3.8) is 0 Å². The van der Waals surface area contributed by atoms with Crippen molar-refractivity contribution in [3.05, 3.63) is 51.5 Å². The van der Waals surface area contributed by atoms with Crippen LogP contribution in [0.1, 0.15) is 21.8 Å². The summed E-state index contributed by atoms with van der Waals surface area (Å²) in [6.07, 6.45) is 0.339. The molecule has 0 radical (unpaired) electrons. The minimum absolute atomic E-state index is 0.0420. The number of rotatable bonds is 4. The summed E-state index contributed by atoms with van der Waals surface area (Å²) < 4.78 is 0. The zero-order chi connectivity index (χ0) is 14.5. The highest BCUT2D eigenvalue weighted by Crippen LogP contribution is 2.11. The van der Waals surface area contributed by atoms with Crippen LogP contribution in [0.25, 0.3) is 0 Å². The van der Waals surface area contributed by atoms with Gasteiger partial charge in [0.05, 0.1) is 35.3 Å². The van der Waals surface area contributed by atoms with Gasteiger partial charge in [-0.3, -0.25) is 4.79 Å². The molecule has 0 saturated heterocycles. The molecule has 0 aliphatic carbocycles. The minimum atomic E-state index is 0.0420. The lowest BCUT2D eigenvalue weighted by molar-refractivity contribution is -0.129. The molecule has 5 heteroatoms. The van der Waals surface area contributed by atoms with E-state index in [9.17, 15) is 4.79 Å². The average molecular weight is 285 g/mol. The van der Waals surface area contributed by atoms with Gasteiger partial charge in [0.25, 0.3) is 0 Å². The topological polar surface area (TPSA) is 57.0 Å². The summed E-state index contributed by atoms with van der Waals surface area (Å²) in [5.74, 6) is 0.0420. The van der Waals surface area contributed by atoms with Crippen molar-refractivity contribution in [2.75, 3.05) is 7.05 Å². The number of nitriles is 1. The molecule has 0 saturated carbocycles. The van der Waals surface area contributed by atoms with E-state index in [2.05, 4.69) is 11.1 Å². The maximum Gasteiger partial charge on any atom is 0.227 e. The summed E-state index contributed by atoms with van der Waals surface area (Å²) >= 11 is 1.59. The van der Waals surface area contributed by atoms with E-state index in [1.54, 1.807) is 35.4 Å². The first kappa shape index (κ1) is 14.2. The Hall–Kier alpha value is -2.19. The van der Waals surface area contributed by atoms with Crippen LogP contribution in [0.15, 0.2) is 29.6 Å². The molecule has 1 aromatic carbocycles. The zero-order valence-corrected chi connectivity index (χ0v) is 12.3. The second-order valence-corrected chi connectivity index (χ2v) is 5.66. The van der Waals surface area contributed by atoms with E-state index in [1.165, 1.54) is 0 Å². The molecule has 0 spiro atoms. The van der Waals surface area contributed by atoms with Gasteiger partial charge in [-0.1, -0.05) is 12.1 Å². The molecular weight excluding hydrogens is 270 g/mol. The molecule has 0 fully saturated rings. The van der Waals surface area contributed by atoms with Crippen LogP contribution in [0.4, 0.5) is 0 Å². The van der Waals surface area contributed by atoms with Crippen molar-refractivity contribution >= 4 is 17.2 Å². The lowest BCUT2D eigenvalue weighted by Crippen LogP contribution is -2.27. The lowest BCUT2D eigenvalue weighted by atomic mass is 10.1. The molecule has 2 rings (SSSR count). The number of carbonyl (C=O) groups is 1. The zero-order valence-electron chi connectivity index (χ0n) is 11.5. The summed E-state index contributed by atoms with van der Waals surface area (Å²) in [7, 11) is 1.78. The number of nitrogens with zero attached hydrogens (tertiary/aromatic N) is 3. The second kappa shape index (κ2) is 6.31. The van der Waals surface area contributed by atoms with E-state index >= 15 is 0 Å². The predicted molar refractivity (Wildman–Crippen MR) is 78.2 cm³/mol. The van der Waals surface area contributed by atoms with Gasteiger partial charge in [0, 0.05) is 12.4 Å². The molecule has 0 bridgehead atoms. The Bertz CT molecular complexity index is 640. The summed E-state index contributed by atoms with van der Waals surface area (Å²) in [6, 6.07) is 9.15. The molecule has 0 unspecified atom stereocenters. The molecule has 4 nitrogen and oxygen atoms in total. The van der Waals surface area contributed by atoms with Crippen LogP contribution >= 0.6 is 11.3 Å². The van der Waals surface area contributed by atoms with Crippen molar-refractivity contribution in [3.8, 4) is 6.07 Å². The molecule has 0 atom stereocenters. The van der Waals surface area contributed by atoms with Crippen molar-refractivity contribution in [1.29, 1.82) is 5.26 Å². The molecule has 1 amide bonds. The fraction of sp³-hybridized carbons (Fsp3) is 0.267. The molecule has 20 heavy (non-hydrogen) atoms. The van der Waals surface area contributed by atoms with Gasteiger partial charge >= 0.3 is 0 Å². The third kappa shape index (κ3) is 3.65. The Morgan fingerprint density at radius 3 is 2.65 bits per heavy atom. The van der Waals surface area contributed by atoms with E-state index in [4.69, 9.17) is 5.26 Å². The third-order valence-electron chi connectivity index (χ3n) is 2.93. The van der Waals surface area contributed by atoms with Gasteiger partial charge in [-0.15, -0.1) is 11.3 Å². The van der Waals surface area contributed by atoms with Gasteiger partial charge in [-0.25, -0.2) is 4.98 Å². The molecule has 0 N–H and O–H groups in total. The van der Waals surface area contributed by atoms with Crippen molar-refractivity contribution < 1.29 is 4.79 Å². The van der Waals surface area contributed by atoms with Gasteiger partial charge in [0.2, 0.25) is 5.91 Å². The van der Waals surface area contributed by atoms with Gasteiger partial charge in [0.15, 0.2) is 0 Å². The fourth-order valence-corrected chi connectivity index (χ4v) is 2.42. The number of amides is 1. The Morgan fingerprint density at radius 1 is 1.40 bits per heavy atom. The number of benzene rings is 1. The predicted octanol–water partition coefficient (Wildman–Crippen LogP) is 2.52. The minimum Gasteiger partial charge on any atom is -0.340 e. The highest BCUT2D eigenvalue weighted by atomic mass is 32.1. The molecule has 0 aliphatic rings. The maximum atomic E-state index is 12.1. The molecule has 0 aliphatic heterocycles. The molecule has 2 aromatic rings. The van der Waals surface area contributed by atoms with Gasteiger partial charge in [0.1, 0.15) is 0 Å². The molecule has 1 aromatic heterocycles. The van der Waals surface area contributed by atoms with E-state index in [1.807, 2.05) is 24.4 Å². The number of hydrogen-bond donors (Lipinski definition) is 0. The van der Waals surface area contributed by atoms with Crippen molar-refractivity contribution in [2.24, 2.45) is 0 Å². The molecule has 102 valence electrons. The highest BCUT2D eigenvalue weighted by molar-refractivity contribution is 7.09. The summed E-state index contributed by atoms with van der Waals surface area (Å²) in [6.45, 7) is 2.48. The first-order valence-corrected chi connectivity index (χ1v) is 7.10. The molecular formula is C15H15N3OS. The summed E-state index contributed by atoms with van der Waals surface area (Å²) in [5, 5.41) is 11.7. The number of aromatic nitrogens is 1. The van der Waals surface area contributed by atoms with Crippen LogP contribution in [-0.2, 0) is 17.8 Å². The number of thiazole rings is 1. The smallest absolute Gasteiger partial charge is 0.227 e. The van der Waals surface area contributed by atoms with Crippen LogP contribution < -0.4 is 0 Å². The summed E-state index contributed by atoms with van der Waals surface area (Å²) in [4.78, 5) is 18.1. The maximum absolute atomic E-state index is 12.1. The molecule has 1 heterocycles. The Balaban J connectivity index is 1.95. The Kier molecular flexibility index (Phi) is 4.49. The van der Waals surface area contributed by atoms with E-state index in [-0.39, 0.29) is 5.91 Å². The van der Waals surface area contributed by atoms with Crippen LogP contribution in [0, 0.1) is 18.3 Å². The van der Waals surface area contributed by atoms with Crippen molar-refractivity contribution in [1.82, 2.24) is 9.88 Å². The van der Waals surface area contributed by atoms with Crippen LogP contribution in [0.3, 0.4) is 0 Å². The lowest BCUT2D eigenvalue weighted by Gasteiger charge is -2.15. The standard InChI is InChI=1S/C15H15N3OS/c1-11-17-14(10-20-11)9-18(2)15(19)7-12-3-5-13(8-16)6-4-12/h3-6,10H,7,9H2,1-2H3. The van der Waals surface area contributed by atoms with Gasteiger partial charge in [-0.05, 0) is 24.6 Å². The first-order chi connectivity index (χ1) is 9.58. The Labute approximate surface area is 122 Å². The number of likely N-dealkylation sites (N-methyl/N-ethyl adjacent to an activating group) is 1. The number of aryl methyl sites for hydroxylation is 1. The van der Waals surface area contributed by atoms with E-state index < -0.39 is 0 Å². The van der Waals surface area contributed by atoms with Crippen LogP contribution in [0.2, 0.25) is 0 Å². The Morgan fingerprint density at radius 2 is 2.10 bits per heavy atom. The fourth-order valence-electron chi connectivity index (χ4n) is 1.82. The highest BCUT2D eigenvalue weighted by Gasteiger charge is 2.11. The largest absolute Gasteiger partial charge is 0.340 e. The van der Waals surface area contributed by atoms with Crippen LogP contribution in [0.5, 0.6) is 0 Å². The third-order valence-corrected chi connectivity index (χ3v) is 3.75. The van der Waals surface area contributed by atoms with E-state index in [0.29, 0.717) is 18.5 Å². The van der Waals surface area contributed by atoms with E-state index in [0.717, 1.165) is 16.3 Å².